The SMILES string of the molecule is O=C(O)c1ccccc1COc1cc2oc(=O)c3c(c2cc1Cl)CCC3. The van der Waals surface area contributed by atoms with Crippen LogP contribution in [0.25, 0.3) is 11.0 Å². The Balaban J connectivity index is 1.70. The summed E-state index contributed by atoms with van der Waals surface area (Å²) in [4.78, 5) is 23.4. The summed E-state index contributed by atoms with van der Waals surface area (Å²) >= 11 is 6.35. The van der Waals surface area contributed by atoms with Crippen molar-refractivity contribution in [3.63, 3.8) is 0 Å². The Morgan fingerprint density at radius 3 is 2.77 bits per heavy atom. The molecule has 1 aliphatic rings. The van der Waals surface area contributed by atoms with E-state index in [4.69, 9.17) is 20.8 Å². The average molecular weight is 371 g/mol. The van der Waals surface area contributed by atoms with Gasteiger partial charge in [-0.1, -0.05) is 29.8 Å². The first-order valence-electron chi connectivity index (χ1n) is 8.26. The Kier molecular flexibility index (Phi) is 4.17. The lowest BCUT2D eigenvalue weighted by Gasteiger charge is -2.12. The second-order valence-corrected chi connectivity index (χ2v) is 6.64. The van der Waals surface area contributed by atoms with Crippen molar-refractivity contribution in [1.82, 2.24) is 0 Å². The molecule has 2 aromatic carbocycles. The van der Waals surface area contributed by atoms with Crippen LogP contribution in [0, 0.1) is 0 Å². The molecule has 0 fully saturated rings. The van der Waals surface area contributed by atoms with Gasteiger partial charge < -0.3 is 14.3 Å². The molecule has 0 amide bonds. The largest absolute Gasteiger partial charge is 0.487 e. The van der Waals surface area contributed by atoms with Crippen LogP contribution in [0.15, 0.2) is 45.6 Å². The Morgan fingerprint density at radius 1 is 1.19 bits per heavy atom. The first kappa shape index (κ1) is 16.7. The molecule has 6 heteroatoms. The summed E-state index contributed by atoms with van der Waals surface area (Å²) in [7, 11) is 0. The predicted molar refractivity (Wildman–Crippen MR) is 97.3 cm³/mol. The molecule has 0 saturated carbocycles. The minimum atomic E-state index is -1.02. The molecular weight excluding hydrogens is 356 g/mol. The van der Waals surface area contributed by atoms with E-state index in [-0.39, 0.29) is 17.8 Å². The third-order valence-corrected chi connectivity index (χ3v) is 4.95. The zero-order valence-electron chi connectivity index (χ0n) is 13.8. The maximum absolute atomic E-state index is 12.1. The standard InChI is InChI=1S/C20H15ClO5/c21-16-8-15-13-6-3-7-14(13)20(24)26-17(15)9-18(16)25-10-11-4-1-2-5-12(11)19(22)23/h1-2,4-5,8-9H,3,6-7,10H2,(H,22,23). The highest BCUT2D eigenvalue weighted by atomic mass is 35.5. The van der Waals surface area contributed by atoms with Gasteiger partial charge in [0.2, 0.25) is 0 Å². The van der Waals surface area contributed by atoms with Crippen LogP contribution in [-0.4, -0.2) is 11.1 Å². The van der Waals surface area contributed by atoms with Gasteiger partial charge in [0.1, 0.15) is 17.9 Å². The molecular formula is C20H15ClO5. The second kappa shape index (κ2) is 6.50. The highest BCUT2D eigenvalue weighted by Crippen LogP contribution is 2.35. The minimum absolute atomic E-state index is 0.0445. The lowest BCUT2D eigenvalue weighted by Crippen LogP contribution is -2.07. The highest BCUT2D eigenvalue weighted by molar-refractivity contribution is 6.32. The summed E-state index contributed by atoms with van der Waals surface area (Å²) in [5, 5.41) is 10.5. The number of carboxylic acids is 1. The van der Waals surface area contributed by atoms with Crippen molar-refractivity contribution in [2.24, 2.45) is 0 Å². The zero-order chi connectivity index (χ0) is 18.3. The van der Waals surface area contributed by atoms with Crippen molar-refractivity contribution in [3.05, 3.63) is 74.1 Å². The molecule has 1 N–H and O–H groups in total. The normalized spacial score (nSPS) is 13.0. The average Bonchev–Trinajstić information content (AvgIpc) is 3.12. The van der Waals surface area contributed by atoms with Crippen molar-refractivity contribution in [3.8, 4) is 5.75 Å². The van der Waals surface area contributed by atoms with Crippen LogP contribution in [0.3, 0.4) is 0 Å². The summed E-state index contributed by atoms with van der Waals surface area (Å²) in [6.45, 7) is 0.0445. The van der Waals surface area contributed by atoms with Gasteiger partial charge in [0.05, 0.1) is 10.6 Å². The molecule has 0 unspecified atom stereocenters. The van der Waals surface area contributed by atoms with Gasteiger partial charge in [0.15, 0.2) is 0 Å². The fourth-order valence-corrected chi connectivity index (χ4v) is 3.62. The quantitative estimate of drug-likeness (QED) is 0.696. The maximum Gasteiger partial charge on any atom is 0.339 e. The van der Waals surface area contributed by atoms with E-state index in [1.165, 1.54) is 6.07 Å². The fraction of sp³-hybridized carbons (Fsp3) is 0.200. The monoisotopic (exact) mass is 370 g/mol. The molecule has 4 rings (SSSR count). The van der Waals surface area contributed by atoms with E-state index in [0.717, 1.165) is 35.8 Å². The second-order valence-electron chi connectivity index (χ2n) is 6.23. The van der Waals surface area contributed by atoms with Crippen molar-refractivity contribution in [2.75, 3.05) is 0 Å². The van der Waals surface area contributed by atoms with Crippen molar-refractivity contribution in [2.45, 2.75) is 25.9 Å². The van der Waals surface area contributed by atoms with Crippen LogP contribution in [0.2, 0.25) is 5.02 Å². The molecule has 3 aromatic rings. The fourth-order valence-electron chi connectivity index (χ4n) is 3.40. The number of hydrogen-bond donors (Lipinski definition) is 1. The predicted octanol–water partition coefficient (Wildman–Crippen LogP) is 4.21. The zero-order valence-corrected chi connectivity index (χ0v) is 14.5. The van der Waals surface area contributed by atoms with E-state index >= 15 is 0 Å². The number of carbonyl (C=O) groups is 1. The van der Waals surface area contributed by atoms with Crippen LogP contribution in [-0.2, 0) is 19.4 Å². The van der Waals surface area contributed by atoms with Gasteiger partial charge in [0.25, 0.3) is 0 Å². The summed E-state index contributed by atoms with van der Waals surface area (Å²) < 4.78 is 11.1. The van der Waals surface area contributed by atoms with E-state index < -0.39 is 5.97 Å². The topological polar surface area (TPSA) is 76.7 Å². The molecule has 1 aliphatic carbocycles. The molecule has 5 nitrogen and oxygen atoms in total. The van der Waals surface area contributed by atoms with Crippen LogP contribution in [0.1, 0.15) is 33.5 Å². The van der Waals surface area contributed by atoms with Crippen LogP contribution in [0.4, 0.5) is 0 Å². The summed E-state index contributed by atoms with van der Waals surface area (Å²) in [6, 6.07) is 9.96. The lowest BCUT2D eigenvalue weighted by molar-refractivity contribution is 0.0694. The summed E-state index contributed by atoms with van der Waals surface area (Å²) in [5.74, 6) is -0.671. The number of benzene rings is 2. The number of rotatable bonds is 4. The Labute approximate surface area is 153 Å². The lowest BCUT2D eigenvalue weighted by atomic mass is 10.1. The number of hydrogen-bond acceptors (Lipinski definition) is 4. The van der Waals surface area contributed by atoms with Gasteiger partial charge in [-0.3, -0.25) is 0 Å². The van der Waals surface area contributed by atoms with Gasteiger partial charge in [-0.25, -0.2) is 9.59 Å². The number of fused-ring (bicyclic) bond motifs is 3. The molecule has 0 atom stereocenters. The van der Waals surface area contributed by atoms with Crippen LogP contribution in [0.5, 0.6) is 5.75 Å². The molecule has 0 aliphatic heterocycles. The van der Waals surface area contributed by atoms with Crippen LogP contribution >= 0.6 is 11.6 Å². The van der Waals surface area contributed by atoms with Crippen molar-refractivity contribution < 1.29 is 19.1 Å². The molecule has 1 heterocycles. The van der Waals surface area contributed by atoms with Gasteiger partial charge in [0, 0.05) is 22.6 Å². The molecule has 0 saturated heterocycles. The van der Waals surface area contributed by atoms with Gasteiger partial charge >= 0.3 is 11.6 Å². The number of carboxylic acid groups (broad SMARTS) is 1. The van der Waals surface area contributed by atoms with Crippen molar-refractivity contribution >= 4 is 28.5 Å². The number of aryl methyl sites for hydroxylation is 1. The van der Waals surface area contributed by atoms with E-state index in [0.29, 0.717) is 21.9 Å². The number of halogens is 1. The van der Waals surface area contributed by atoms with Gasteiger partial charge in [-0.15, -0.1) is 0 Å². The number of ether oxygens (including phenoxy) is 1. The molecule has 132 valence electrons. The first-order valence-corrected chi connectivity index (χ1v) is 8.64. The highest BCUT2D eigenvalue weighted by Gasteiger charge is 2.21. The molecule has 0 radical (unpaired) electrons. The van der Waals surface area contributed by atoms with E-state index in [2.05, 4.69) is 0 Å². The van der Waals surface area contributed by atoms with E-state index in [1.54, 1.807) is 30.3 Å². The third kappa shape index (κ3) is 2.84. The summed E-state index contributed by atoms with van der Waals surface area (Å²) in [6.07, 6.45) is 2.50. The summed E-state index contributed by atoms with van der Waals surface area (Å²) in [5.41, 5.74) is 2.56. The van der Waals surface area contributed by atoms with Gasteiger partial charge in [-0.05, 0) is 37.0 Å². The Morgan fingerprint density at radius 2 is 1.96 bits per heavy atom. The smallest absolute Gasteiger partial charge is 0.339 e. The number of aromatic carboxylic acids is 1. The van der Waals surface area contributed by atoms with E-state index in [1.807, 2.05) is 0 Å². The van der Waals surface area contributed by atoms with Crippen molar-refractivity contribution in [1.29, 1.82) is 0 Å². The maximum atomic E-state index is 12.1. The Bertz CT molecular complexity index is 1080. The molecule has 26 heavy (non-hydrogen) atoms. The third-order valence-electron chi connectivity index (χ3n) is 4.66. The first-order chi connectivity index (χ1) is 12.5. The molecule has 0 bridgehead atoms. The van der Waals surface area contributed by atoms with Crippen LogP contribution < -0.4 is 10.4 Å². The minimum Gasteiger partial charge on any atom is -0.487 e. The Hall–Kier alpha value is -2.79. The van der Waals surface area contributed by atoms with Gasteiger partial charge in [-0.2, -0.15) is 0 Å². The molecule has 0 spiro atoms. The molecule has 1 aromatic heterocycles. The van der Waals surface area contributed by atoms with E-state index in [9.17, 15) is 14.7 Å².